The molecule has 2 aromatic rings. The van der Waals surface area contributed by atoms with Crippen LogP contribution in [0.3, 0.4) is 0 Å². The van der Waals surface area contributed by atoms with E-state index in [-0.39, 0.29) is 12.4 Å². The molecule has 3 rings (SSSR count). The maximum absolute atomic E-state index is 5.56. The summed E-state index contributed by atoms with van der Waals surface area (Å²) >= 11 is 0. The van der Waals surface area contributed by atoms with E-state index < -0.39 is 0 Å². The molecular formula is C19H29ClN4O. The van der Waals surface area contributed by atoms with Gasteiger partial charge in [-0.05, 0) is 44.8 Å². The first-order valence-corrected chi connectivity index (χ1v) is 9.08. The molecule has 1 heterocycles. The largest absolute Gasteiger partial charge is 0.338 e. The molecule has 6 heteroatoms. The van der Waals surface area contributed by atoms with Crippen LogP contribution in [0.5, 0.6) is 0 Å². The summed E-state index contributed by atoms with van der Waals surface area (Å²) in [5.74, 6) is 1.37. The van der Waals surface area contributed by atoms with Gasteiger partial charge >= 0.3 is 0 Å². The van der Waals surface area contributed by atoms with Gasteiger partial charge in [-0.2, -0.15) is 4.98 Å². The third kappa shape index (κ3) is 5.53. The molecular weight excluding hydrogens is 336 g/mol. The summed E-state index contributed by atoms with van der Waals surface area (Å²) in [5.41, 5.74) is 7.86. The Morgan fingerprint density at radius 1 is 1.16 bits per heavy atom. The SMILES string of the molecule is CN(Cc1nc(-c2ccc(CCCN)cc2)no1)C1CCCCC1.Cl. The first-order valence-electron chi connectivity index (χ1n) is 9.08. The number of hydrogen-bond donors (Lipinski definition) is 1. The molecule has 0 aliphatic heterocycles. The number of halogens is 1. The highest BCUT2D eigenvalue weighted by Gasteiger charge is 2.20. The van der Waals surface area contributed by atoms with Crippen molar-refractivity contribution in [2.24, 2.45) is 5.73 Å². The number of rotatable bonds is 7. The topological polar surface area (TPSA) is 68.2 Å². The fraction of sp³-hybridized carbons (Fsp3) is 0.579. The second kappa shape index (κ2) is 9.90. The van der Waals surface area contributed by atoms with Gasteiger partial charge in [0.1, 0.15) is 0 Å². The van der Waals surface area contributed by atoms with Gasteiger partial charge in [0.2, 0.25) is 11.7 Å². The van der Waals surface area contributed by atoms with Crippen LogP contribution in [0.1, 0.15) is 50.0 Å². The van der Waals surface area contributed by atoms with Crippen molar-refractivity contribution >= 4 is 12.4 Å². The minimum Gasteiger partial charge on any atom is -0.338 e. The molecule has 0 bridgehead atoms. The maximum Gasteiger partial charge on any atom is 0.241 e. The highest BCUT2D eigenvalue weighted by atomic mass is 35.5. The predicted octanol–water partition coefficient (Wildman–Crippen LogP) is 3.81. The molecule has 2 N–H and O–H groups in total. The lowest BCUT2D eigenvalue weighted by atomic mass is 9.94. The van der Waals surface area contributed by atoms with Crippen LogP contribution >= 0.6 is 12.4 Å². The molecule has 0 atom stereocenters. The molecule has 0 radical (unpaired) electrons. The molecule has 138 valence electrons. The number of nitrogens with two attached hydrogens (primary N) is 1. The minimum absolute atomic E-state index is 0. The van der Waals surface area contributed by atoms with Crippen molar-refractivity contribution in [1.29, 1.82) is 0 Å². The Morgan fingerprint density at radius 3 is 2.56 bits per heavy atom. The molecule has 0 spiro atoms. The lowest BCUT2D eigenvalue weighted by molar-refractivity contribution is 0.165. The number of aryl methyl sites for hydroxylation is 1. The maximum atomic E-state index is 5.56. The highest BCUT2D eigenvalue weighted by Crippen LogP contribution is 2.23. The Bertz CT molecular complexity index is 623. The van der Waals surface area contributed by atoms with Gasteiger partial charge in [-0.1, -0.05) is 48.7 Å². The van der Waals surface area contributed by atoms with Crippen LogP contribution in [-0.4, -0.2) is 34.7 Å². The van der Waals surface area contributed by atoms with Crippen molar-refractivity contribution in [3.05, 3.63) is 35.7 Å². The first kappa shape index (κ1) is 19.9. The van der Waals surface area contributed by atoms with E-state index in [1.807, 2.05) is 0 Å². The summed E-state index contributed by atoms with van der Waals surface area (Å²) < 4.78 is 5.46. The van der Waals surface area contributed by atoms with Crippen molar-refractivity contribution in [3.8, 4) is 11.4 Å². The van der Waals surface area contributed by atoms with Crippen molar-refractivity contribution in [2.45, 2.75) is 57.5 Å². The third-order valence-corrected chi connectivity index (χ3v) is 4.93. The molecule has 1 saturated carbocycles. The van der Waals surface area contributed by atoms with E-state index in [4.69, 9.17) is 10.3 Å². The Balaban J connectivity index is 0.00000225. The zero-order valence-electron chi connectivity index (χ0n) is 15.0. The Kier molecular flexibility index (Phi) is 7.88. The molecule has 1 aliphatic rings. The lowest BCUT2D eigenvalue weighted by Crippen LogP contribution is -2.32. The van der Waals surface area contributed by atoms with E-state index in [0.29, 0.717) is 17.8 Å². The summed E-state index contributed by atoms with van der Waals surface area (Å²) in [5, 5.41) is 4.14. The zero-order valence-corrected chi connectivity index (χ0v) is 15.8. The molecule has 0 amide bonds. The van der Waals surface area contributed by atoms with Gasteiger partial charge in [0, 0.05) is 11.6 Å². The van der Waals surface area contributed by atoms with Crippen LogP contribution in [0.25, 0.3) is 11.4 Å². The Morgan fingerprint density at radius 2 is 1.88 bits per heavy atom. The van der Waals surface area contributed by atoms with Gasteiger partial charge < -0.3 is 10.3 Å². The third-order valence-electron chi connectivity index (χ3n) is 4.93. The first-order chi connectivity index (χ1) is 11.8. The second-order valence-corrected chi connectivity index (χ2v) is 6.81. The normalized spacial score (nSPS) is 15.3. The van der Waals surface area contributed by atoms with E-state index in [0.717, 1.165) is 31.5 Å². The summed E-state index contributed by atoms with van der Waals surface area (Å²) in [6.07, 6.45) is 8.63. The van der Waals surface area contributed by atoms with Crippen LogP contribution in [0.4, 0.5) is 0 Å². The van der Waals surface area contributed by atoms with Crippen LogP contribution in [0.15, 0.2) is 28.8 Å². The van der Waals surface area contributed by atoms with Gasteiger partial charge in [-0.3, -0.25) is 4.90 Å². The molecule has 0 unspecified atom stereocenters. The summed E-state index contributed by atoms with van der Waals surface area (Å²) in [6.45, 7) is 1.46. The van der Waals surface area contributed by atoms with E-state index in [9.17, 15) is 0 Å². The number of aromatic nitrogens is 2. The zero-order chi connectivity index (χ0) is 16.8. The van der Waals surface area contributed by atoms with E-state index >= 15 is 0 Å². The second-order valence-electron chi connectivity index (χ2n) is 6.81. The fourth-order valence-corrected chi connectivity index (χ4v) is 3.43. The molecule has 5 nitrogen and oxygen atoms in total. The molecule has 1 aliphatic carbocycles. The van der Waals surface area contributed by atoms with E-state index in [1.54, 1.807) is 0 Å². The molecule has 1 aromatic heterocycles. The molecule has 1 fully saturated rings. The fourth-order valence-electron chi connectivity index (χ4n) is 3.43. The molecule has 1 aromatic carbocycles. The average Bonchev–Trinajstić information content (AvgIpc) is 3.09. The van der Waals surface area contributed by atoms with Gasteiger partial charge in [-0.15, -0.1) is 12.4 Å². The van der Waals surface area contributed by atoms with Crippen molar-refractivity contribution in [3.63, 3.8) is 0 Å². The molecule has 25 heavy (non-hydrogen) atoms. The lowest BCUT2D eigenvalue weighted by Gasteiger charge is -2.29. The Labute approximate surface area is 156 Å². The smallest absolute Gasteiger partial charge is 0.241 e. The van der Waals surface area contributed by atoms with Gasteiger partial charge in [0.25, 0.3) is 0 Å². The summed E-state index contributed by atoms with van der Waals surface area (Å²) in [7, 11) is 2.16. The van der Waals surface area contributed by atoms with E-state index in [1.165, 1.54) is 37.7 Å². The monoisotopic (exact) mass is 364 g/mol. The van der Waals surface area contributed by atoms with Crippen LogP contribution in [-0.2, 0) is 13.0 Å². The summed E-state index contributed by atoms with van der Waals surface area (Å²) in [6, 6.07) is 9.01. The van der Waals surface area contributed by atoms with Crippen molar-refractivity contribution in [1.82, 2.24) is 15.0 Å². The van der Waals surface area contributed by atoms with Gasteiger partial charge in [0.15, 0.2) is 0 Å². The van der Waals surface area contributed by atoms with Crippen LogP contribution in [0.2, 0.25) is 0 Å². The quantitative estimate of drug-likeness (QED) is 0.808. The standard InChI is InChI=1S/C19H28N4O.ClH/c1-23(17-7-3-2-4-8-17)14-18-21-19(22-24-18)16-11-9-15(10-12-16)6-5-13-20;/h9-12,17H,2-8,13-14,20H2,1H3;1H. The van der Waals surface area contributed by atoms with E-state index in [2.05, 4.69) is 46.4 Å². The number of nitrogens with zero attached hydrogens (tertiary/aromatic N) is 3. The minimum atomic E-state index is 0. The highest BCUT2D eigenvalue weighted by molar-refractivity contribution is 5.85. The predicted molar refractivity (Wildman–Crippen MR) is 103 cm³/mol. The van der Waals surface area contributed by atoms with Gasteiger partial charge in [-0.25, -0.2) is 0 Å². The van der Waals surface area contributed by atoms with Crippen LogP contribution < -0.4 is 5.73 Å². The number of hydrogen-bond acceptors (Lipinski definition) is 5. The van der Waals surface area contributed by atoms with Gasteiger partial charge in [0.05, 0.1) is 6.54 Å². The van der Waals surface area contributed by atoms with Crippen molar-refractivity contribution in [2.75, 3.05) is 13.6 Å². The average molecular weight is 365 g/mol. The Hall–Kier alpha value is -1.43. The summed E-state index contributed by atoms with van der Waals surface area (Å²) in [4.78, 5) is 6.92. The van der Waals surface area contributed by atoms with Crippen LogP contribution in [0, 0.1) is 0 Å². The number of benzene rings is 1. The molecule has 0 saturated heterocycles. The van der Waals surface area contributed by atoms with Crippen molar-refractivity contribution < 1.29 is 4.52 Å².